The Hall–Kier alpha value is -2.78. The van der Waals surface area contributed by atoms with E-state index in [1.165, 1.54) is 34.2 Å². The zero-order valence-electron chi connectivity index (χ0n) is 17.5. The molecule has 0 saturated heterocycles. The number of aliphatic hydroxyl groups is 1. The van der Waals surface area contributed by atoms with E-state index >= 15 is 0 Å². The van der Waals surface area contributed by atoms with Crippen LogP contribution in [0.25, 0.3) is 0 Å². The highest BCUT2D eigenvalue weighted by Gasteiger charge is 2.30. The number of rotatable bonds is 6. The first-order valence-electron chi connectivity index (χ1n) is 10.5. The van der Waals surface area contributed by atoms with Crippen molar-refractivity contribution >= 4 is 5.91 Å². The number of halogens is 3. The van der Waals surface area contributed by atoms with Gasteiger partial charge in [0, 0.05) is 32.2 Å². The molecule has 172 valence electrons. The predicted molar refractivity (Wildman–Crippen MR) is 111 cm³/mol. The van der Waals surface area contributed by atoms with E-state index in [1.54, 1.807) is 0 Å². The van der Waals surface area contributed by atoms with Crippen molar-refractivity contribution in [3.05, 3.63) is 59.2 Å². The second kappa shape index (κ2) is 9.38. The molecule has 0 fully saturated rings. The summed E-state index contributed by atoms with van der Waals surface area (Å²) in [4.78, 5) is 16.6. The van der Waals surface area contributed by atoms with Crippen molar-refractivity contribution in [2.45, 2.75) is 25.2 Å². The van der Waals surface area contributed by atoms with Crippen LogP contribution in [0.15, 0.2) is 42.5 Å². The lowest BCUT2D eigenvalue weighted by Gasteiger charge is -2.32. The Morgan fingerprint density at radius 1 is 1.09 bits per heavy atom. The molecule has 0 aliphatic carbocycles. The maximum atomic E-state index is 13.0. The highest BCUT2D eigenvalue weighted by molar-refractivity contribution is 5.97. The van der Waals surface area contributed by atoms with Crippen LogP contribution in [0.3, 0.4) is 0 Å². The average molecular weight is 450 g/mol. The summed E-state index contributed by atoms with van der Waals surface area (Å²) < 4.78 is 47.4. The summed E-state index contributed by atoms with van der Waals surface area (Å²) in [5, 5.41) is 10.6. The lowest BCUT2D eigenvalue weighted by Crippen LogP contribution is -2.44. The summed E-state index contributed by atoms with van der Waals surface area (Å²) in [6, 6.07) is 12.3. The highest BCUT2D eigenvalue weighted by Crippen LogP contribution is 2.29. The molecule has 2 aliphatic rings. The number of hydrogen-bond acceptors (Lipinski definition) is 5. The van der Waals surface area contributed by atoms with Crippen molar-refractivity contribution in [1.82, 2.24) is 9.80 Å². The van der Waals surface area contributed by atoms with Crippen molar-refractivity contribution in [2.75, 3.05) is 39.4 Å². The first-order chi connectivity index (χ1) is 15.3. The molecule has 1 unspecified atom stereocenters. The minimum Gasteiger partial charge on any atom is -0.491 e. The molecule has 32 heavy (non-hydrogen) atoms. The van der Waals surface area contributed by atoms with Gasteiger partial charge in [0.2, 0.25) is 0 Å². The summed E-state index contributed by atoms with van der Waals surface area (Å²) in [7, 11) is 0. The van der Waals surface area contributed by atoms with Gasteiger partial charge in [-0.3, -0.25) is 9.69 Å². The van der Waals surface area contributed by atoms with Crippen molar-refractivity contribution in [3.8, 4) is 11.5 Å². The lowest BCUT2D eigenvalue weighted by atomic mass is 10.00. The normalized spacial score (nSPS) is 17.8. The minimum absolute atomic E-state index is 0.0206. The van der Waals surface area contributed by atoms with E-state index in [9.17, 15) is 23.1 Å². The fourth-order valence-electron chi connectivity index (χ4n) is 4.09. The summed E-state index contributed by atoms with van der Waals surface area (Å²) in [6.07, 6.45) is -4.27. The molecule has 0 radical (unpaired) electrons. The van der Waals surface area contributed by atoms with E-state index < -0.39 is 18.9 Å². The Morgan fingerprint density at radius 3 is 2.66 bits per heavy atom. The molecule has 2 aromatic rings. The fraction of sp³-hybridized carbons (Fsp3) is 0.435. The molecule has 2 aromatic carbocycles. The summed E-state index contributed by atoms with van der Waals surface area (Å²) in [5.41, 5.74) is 2.82. The number of amides is 1. The standard InChI is InChI=1S/C23H25F3N2O4/c24-23(25,26)15-32-19-5-6-20-21(11-19)31-10-9-28(22(20)30)14-18(29)13-27-8-7-16-3-1-2-4-17(16)12-27/h1-6,11,18,29H,7-10,12-15H2. The molecule has 9 heteroatoms. The van der Waals surface area contributed by atoms with Gasteiger partial charge in [0.25, 0.3) is 5.91 Å². The topological polar surface area (TPSA) is 62.2 Å². The molecule has 1 N–H and O–H groups in total. The van der Waals surface area contributed by atoms with Crippen LogP contribution in [0.4, 0.5) is 13.2 Å². The van der Waals surface area contributed by atoms with E-state index in [2.05, 4.69) is 17.0 Å². The number of nitrogens with zero attached hydrogens (tertiary/aromatic N) is 2. The van der Waals surface area contributed by atoms with Crippen molar-refractivity contribution in [2.24, 2.45) is 0 Å². The number of carbonyl (C=O) groups is 1. The third kappa shape index (κ3) is 5.52. The van der Waals surface area contributed by atoms with Crippen LogP contribution in [0, 0.1) is 0 Å². The van der Waals surface area contributed by atoms with Crippen LogP contribution in [0.5, 0.6) is 11.5 Å². The fourth-order valence-corrected chi connectivity index (χ4v) is 4.09. The van der Waals surface area contributed by atoms with E-state index in [0.29, 0.717) is 6.54 Å². The molecule has 2 heterocycles. The number of β-amino-alcohol motifs (C(OH)–C–C–N with tert-alkyl or cyclic N) is 1. The largest absolute Gasteiger partial charge is 0.491 e. The summed E-state index contributed by atoms with van der Waals surface area (Å²) >= 11 is 0. The van der Waals surface area contributed by atoms with Crippen molar-refractivity contribution in [1.29, 1.82) is 0 Å². The van der Waals surface area contributed by atoms with Crippen LogP contribution < -0.4 is 9.47 Å². The van der Waals surface area contributed by atoms with Crippen molar-refractivity contribution in [3.63, 3.8) is 0 Å². The van der Waals surface area contributed by atoms with Crippen LogP contribution in [0.2, 0.25) is 0 Å². The zero-order chi connectivity index (χ0) is 22.7. The second-order valence-corrected chi connectivity index (χ2v) is 8.07. The Labute approximate surface area is 184 Å². The Bertz CT molecular complexity index is 966. The Morgan fingerprint density at radius 2 is 1.88 bits per heavy atom. The first-order valence-corrected chi connectivity index (χ1v) is 10.5. The van der Waals surface area contributed by atoms with Crippen molar-refractivity contribution < 1.29 is 32.5 Å². The van der Waals surface area contributed by atoms with Gasteiger partial charge in [0.15, 0.2) is 6.61 Å². The third-order valence-electron chi connectivity index (χ3n) is 5.60. The molecular formula is C23H25F3N2O4. The van der Waals surface area contributed by atoms with Gasteiger partial charge in [0.05, 0.1) is 18.2 Å². The molecule has 0 spiro atoms. The number of ether oxygens (including phenoxy) is 2. The number of carbonyl (C=O) groups excluding carboxylic acids is 1. The number of alkyl halides is 3. The number of aliphatic hydroxyl groups excluding tert-OH is 1. The Kier molecular flexibility index (Phi) is 6.57. The second-order valence-electron chi connectivity index (χ2n) is 8.07. The number of benzene rings is 2. The maximum Gasteiger partial charge on any atom is 0.422 e. The van der Waals surface area contributed by atoms with Crippen LogP contribution in [-0.2, 0) is 13.0 Å². The monoisotopic (exact) mass is 450 g/mol. The first kappa shape index (κ1) is 22.4. The Balaban J connectivity index is 1.36. The molecule has 6 nitrogen and oxygen atoms in total. The summed E-state index contributed by atoms with van der Waals surface area (Å²) in [5.74, 6) is -0.171. The van der Waals surface area contributed by atoms with E-state index in [4.69, 9.17) is 9.47 Å². The van der Waals surface area contributed by atoms with Gasteiger partial charge in [-0.05, 0) is 29.7 Å². The number of fused-ring (bicyclic) bond motifs is 2. The molecule has 0 saturated carbocycles. The van der Waals surface area contributed by atoms with Gasteiger partial charge in [-0.25, -0.2) is 0 Å². The summed E-state index contributed by atoms with van der Waals surface area (Å²) in [6.45, 7) is 1.21. The molecular weight excluding hydrogens is 425 g/mol. The maximum absolute atomic E-state index is 13.0. The van der Waals surface area contributed by atoms with Crippen LogP contribution in [-0.4, -0.2) is 72.5 Å². The molecule has 4 rings (SSSR count). The molecule has 1 atom stereocenters. The smallest absolute Gasteiger partial charge is 0.422 e. The van der Waals surface area contributed by atoms with Crippen LogP contribution in [0.1, 0.15) is 21.5 Å². The van der Waals surface area contributed by atoms with Gasteiger partial charge < -0.3 is 19.5 Å². The van der Waals surface area contributed by atoms with Gasteiger partial charge in [0.1, 0.15) is 18.1 Å². The number of hydrogen-bond donors (Lipinski definition) is 1. The van der Waals surface area contributed by atoms with Gasteiger partial charge in [-0.1, -0.05) is 24.3 Å². The van der Waals surface area contributed by atoms with Gasteiger partial charge in [-0.2, -0.15) is 13.2 Å². The minimum atomic E-state index is -4.45. The molecule has 1 amide bonds. The SMILES string of the molecule is O=C1c2ccc(OCC(F)(F)F)cc2OCCN1CC(O)CN1CCc2ccccc2C1. The predicted octanol–water partition coefficient (Wildman–Crippen LogP) is 2.88. The highest BCUT2D eigenvalue weighted by atomic mass is 19.4. The van der Waals surface area contributed by atoms with E-state index in [0.717, 1.165) is 19.5 Å². The van der Waals surface area contributed by atoms with E-state index in [-0.39, 0.29) is 42.7 Å². The molecule has 0 bridgehead atoms. The molecule has 2 aliphatic heterocycles. The zero-order valence-corrected chi connectivity index (χ0v) is 17.5. The van der Waals surface area contributed by atoms with Gasteiger partial charge >= 0.3 is 6.18 Å². The molecule has 0 aromatic heterocycles. The lowest BCUT2D eigenvalue weighted by molar-refractivity contribution is -0.153. The van der Waals surface area contributed by atoms with Crippen LogP contribution >= 0.6 is 0 Å². The quantitative estimate of drug-likeness (QED) is 0.734. The average Bonchev–Trinajstić information content (AvgIpc) is 2.90. The van der Waals surface area contributed by atoms with E-state index in [1.807, 2.05) is 12.1 Å². The third-order valence-corrected chi connectivity index (χ3v) is 5.60. The van der Waals surface area contributed by atoms with Gasteiger partial charge in [-0.15, -0.1) is 0 Å².